The predicted octanol–water partition coefficient (Wildman–Crippen LogP) is 1.79. The number of aryl methyl sites for hydroxylation is 3. The summed E-state index contributed by atoms with van der Waals surface area (Å²) >= 11 is 0. The summed E-state index contributed by atoms with van der Waals surface area (Å²) in [5, 5.41) is 3.03. The third-order valence-electron chi connectivity index (χ3n) is 5.29. The van der Waals surface area contributed by atoms with Crippen LogP contribution in [0.2, 0.25) is 0 Å². The lowest BCUT2D eigenvalue weighted by molar-refractivity contribution is -0.892. The van der Waals surface area contributed by atoms with Crippen LogP contribution in [-0.2, 0) is 11.0 Å². The Hall–Kier alpha value is -2.61. The summed E-state index contributed by atoms with van der Waals surface area (Å²) in [7, 11) is 0. The van der Waals surface area contributed by atoms with Gasteiger partial charge in [-0.05, 0) is 38.0 Å². The number of carbonyl (C=O) groups is 1. The van der Waals surface area contributed by atoms with E-state index in [0.717, 1.165) is 47.1 Å². The van der Waals surface area contributed by atoms with Crippen LogP contribution in [0.4, 0.5) is 24.7 Å². The lowest BCUT2D eigenvalue weighted by atomic mass is 10.1. The van der Waals surface area contributed by atoms with E-state index in [4.69, 9.17) is 0 Å². The van der Waals surface area contributed by atoms with Gasteiger partial charge >= 0.3 is 6.18 Å². The zero-order chi connectivity index (χ0) is 21.2. The fourth-order valence-corrected chi connectivity index (χ4v) is 3.82. The van der Waals surface area contributed by atoms with Crippen LogP contribution in [0.3, 0.4) is 0 Å². The number of hydrogen-bond donors (Lipinski definition) is 2. The fourth-order valence-electron chi connectivity index (χ4n) is 3.82. The third-order valence-corrected chi connectivity index (χ3v) is 5.29. The molecule has 0 saturated carbocycles. The summed E-state index contributed by atoms with van der Waals surface area (Å²) in [5.74, 6) is 0.636. The van der Waals surface area contributed by atoms with Gasteiger partial charge in [-0.3, -0.25) is 9.69 Å². The second-order valence-electron chi connectivity index (χ2n) is 7.70. The summed E-state index contributed by atoms with van der Waals surface area (Å²) in [4.78, 5) is 18.4. The van der Waals surface area contributed by atoms with Gasteiger partial charge in [-0.1, -0.05) is 17.7 Å². The van der Waals surface area contributed by atoms with Crippen molar-refractivity contribution >= 4 is 17.4 Å². The number of H-pyrrole nitrogens is 1. The molecule has 2 aromatic rings. The van der Waals surface area contributed by atoms with Gasteiger partial charge in [0.2, 0.25) is 0 Å². The molecule has 156 valence electrons. The molecule has 0 spiro atoms. The number of quaternary nitrogens is 1. The van der Waals surface area contributed by atoms with Crippen molar-refractivity contribution < 1.29 is 27.8 Å². The number of aromatic nitrogens is 1. The molecular weight excluding hydrogens is 381 g/mol. The van der Waals surface area contributed by atoms with Crippen LogP contribution in [0.15, 0.2) is 30.5 Å². The van der Waals surface area contributed by atoms with Gasteiger partial charge in [0.15, 0.2) is 6.54 Å². The first-order chi connectivity index (χ1) is 13.6. The molecule has 1 aromatic carbocycles. The van der Waals surface area contributed by atoms with Crippen LogP contribution >= 0.6 is 0 Å². The van der Waals surface area contributed by atoms with Crippen LogP contribution in [0.1, 0.15) is 22.3 Å². The van der Waals surface area contributed by atoms with E-state index in [2.05, 4.69) is 22.4 Å². The molecule has 3 N–H and O–H groups in total. The standard InChI is InChI=1S/C21H25F3N4O/c1-14-10-15(2)20(16(3)11-14)26-19(29)13-27-6-8-28(9-7-27)18-5-4-17(12-25-18)21(22,23)24/h4-5,10-12H,6-9,13H2,1-3H3,(H,26,29)/p+2. The average molecular weight is 408 g/mol. The molecule has 1 aliphatic rings. The molecule has 1 amide bonds. The van der Waals surface area contributed by atoms with Crippen molar-refractivity contribution in [2.75, 3.05) is 42.9 Å². The molecule has 0 bridgehead atoms. The van der Waals surface area contributed by atoms with E-state index in [1.165, 1.54) is 11.6 Å². The largest absolute Gasteiger partial charge is 0.419 e. The molecular formula is C21H27F3N4O+2. The first-order valence-electron chi connectivity index (χ1n) is 9.68. The van der Waals surface area contributed by atoms with E-state index in [1.54, 1.807) is 0 Å². The summed E-state index contributed by atoms with van der Waals surface area (Å²) < 4.78 is 38.1. The van der Waals surface area contributed by atoms with Crippen molar-refractivity contribution in [3.05, 3.63) is 52.7 Å². The Balaban J connectivity index is 1.53. The van der Waals surface area contributed by atoms with Crippen LogP contribution in [-0.4, -0.2) is 38.6 Å². The number of benzene rings is 1. The van der Waals surface area contributed by atoms with Crippen LogP contribution in [0.25, 0.3) is 0 Å². The molecule has 2 heterocycles. The normalized spacial score (nSPS) is 15.4. The molecule has 0 unspecified atom stereocenters. The fraction of sp³-hybridized carbons (Fsp3) is 0.429. The van der Waals surface area contributed by atoms with E-state index in [1.807, 2.05) is 25.7 Å². The van der Waals surface area contributed by atoms with Gasteiger partial charge in [-0.15, -0.1) is 0 Å². The highest BCUT2D eigenvalue weighted by Crippen LogP contribution is 2.28. The second kappa shape index (κ2) is 8.41. The summed E-state index contributed by atoms with van der Waals surface area (Å²) in [6.45, 7) is 9.21. The highest BCUT2D eigenvalue weighted by Gasteiger charge is 2.33. The van der Waals surface area contributed by atoms with Crippen molar-refractivity contribution in [3.8, 4) is 0 Å². The van der Waals surface area contributed by atoms with Crippen molar-refractivity contribution in [3.63, 3.8) is 0 Å². The topological polar surface area (TPSA) is 50.9 Å². The Bertz CT molecular complexity index is 849. The molecule has 1 fully saturated rings. The van der Waals surface area contributed by atoms with Gasteiger partial charge in [-0.25, -0.2) is 4.98 Å². The van der Waals surface area contributed by atoms with Crippen LogP contribution < -0.4 is 20.1 Å². The lowest BCUT2D eigenvalue weighted by Crippen LogP contribution is -3.15. The third kappa shape index (κ3) is 5.26. The van der Waals surface area contributed by atoms with Gasteiger partial charge in [0, 0.05) is 11.8 Å². The van der Waals surface area contributed by atoms with E-state index in [0.29, 0.717) is 25.5 Å². The Morgan fingerprint density at radius 3 is 2.28 bits per heavy atom. The highest BCUT2D eigenvalue weighted by atomic mass is 19.4. The smallest absolute Gasteiger partial charge is 0.321 e. The average Bonchev–Trinajstić information content (AvgIpc) is 2.65. The Morgan fingerprint density at radius 2 is 1.76 bits per heavy atom. The number of alkyl halides is 3. The minimum atomic E-state index is -4.35. The van der Waals surface area contributed by atoms with E-state index in [9.17, 15) is 18.0 Å². The van der Waals surface area contributed by atoms with E-state index < -0.39 is 11.7 Å². The first-order valence-corrected chi connectivity index (χ1v) is 9.68. The SMILES string of the molecule is Cc1cc(C)c(NC(=O)C[NH+]2CCN(c3ccc(C(F)(F)F)c[nH+]3)CC2)c(C)c1. The van der Waals surface area contributed by atoms with Gasteiger partial charge in [0.25, 0.3) is 11.7 Å². The molecule has 1 saturated heterocycles. The zero-order valence-electron chi connectivity index (χ0n) is 16.9. The molecule has 3 rings (SSSR count). The number of nitrogens with zero attached hydrogens (tertiary/aromatic N) is 1. The maximum atomic E-state index is 12.7. The number of pyridine rings is 1. The molecule has 5 nitrogen and oxygen atoms in total. The number of carbonyl (C=O) groups excluding carboxylic acids is 1. The number of halogens is 3. The monoisotopic (exact) mass is 408 g/mol. The summed E-state index contributed by atoms with van der Waals surface area (Å²) in [5.41, 5.74) is 3.45. The zero-order valence-corrected chi connectivity index (χ0v) is 16.9. The molecule has 29 heavy (non-hydrogen) atoms. The lowest BCUT2D eigenvalue weighted by Gasteiger charge is -2.28. The first kappa shape index (κ1) is 21.1. The quantitative estimate of drug-likeness (QED) is 0.811. The predicted molar refractivity (Wildman–Crippen MR) is 105 cm³/mol. The Morgan fingerprint density at radius 1 is 1.14 bits per heavy atom. The van der Waals surface area contributed by atoms with Gasteiger partial charge in [0.1, 0.15) is 32.4 Å². The molecule has 1 aliphatic heterocycles. The van der Waals surface area contributed by atoms with Crippen molar-refractivity contribution in [2.24, 2.45) is 0 Å². The summed E-state index contributed by atoms with van der Waals surface area (Å²) in [6, 6.07) is 6.65. The van der Waals surface area contributed by atoms with Crippen LogP contribution in [0.5, 0.6) is 0 Å². The molecule has 8 heteroatoms. The van der Waals surface area contributed by atoms with Crippen LogP contribution in [0, 0.1) is 20.8 Å². The minimum absolute atomic E-state index is 0.0235. The number of amides is 1. The van der Waals surface area contributed by atoms with Crippen molar-refractivity contribution in [1.29, 1.82) is 0 Å². The van der Waals surface area contributed by atoms with Gasteiger partial charge in [-0.2, -0.15) is 13.2 Å². The van der Waals surface area contributed by atoms with E-state index >= 15 is 0 Å². The number of piperazine rings is 1. The Labute approximate surface area is 168 Å². The van der Waals surface area contributed by atoms with Crippen molar-refractivity contribution in [1.82, 2.24) is 0 Å². The van der Waals surface area contributed by atoms with Crippen molar-refractivity contribution in [2.45, 2.75) is 26.9 Å². The number of aromatic amines is 1. The summed E-state index contributed by atoms with van der Waals surface area (Å²) in [6.07, 6.45) is -3.35. The number of anilines is 2. The number of hydrogen-bond acceptors (Lipinski definition) is 2. The molecule has 0 atom stereocenters. The molecule has 0 aliphatic carbocycles. The van der Waals surface area contributed by atoms with Gasteiger partial charge in [0.05, 0.1) is 5.56 Å². The van der Waals surface area contributed by atoms with E-state index in [-0.39, 0.29) is 5.91 Å². The Kier molecular flexibility index (Phi) is 6.12. The molecule has 0 radical (unpaired) electrons. The number of rotatable bonds is 4. The maximum absolute atomic E-state index is 12.7. The maximum Gasteiger partial charge on any atom is 0.419 e. The second-order valence-corrected chi connectivity index (χ2v) is 7.70. The highest BCUT2D eigenvalue weighted by molar-refractivity contribution is 5.93. The van der Waals surface area contributed by atoms with Gasteiger partial charge < -0.3 is 10.2 Å². The minimum Gasteiger partial charge on any atom is -0.321 e. The number of nitrogens with one attached hydrogen (secondary N) is 3. The molecule has 1 aromatic heterocycles.